The molecular weight excluding hydrogens is 333 g/mol. The molecule has 0 saturated carbocycles. The second-order valence-corrected chi connectivity index (χ2v) is 4.78. The molecule has 2 N–H and O–H groups in total. The first-order valence-corrected chi connectivity index (χ1v) is 7.15. The van der Waals surface area contributed by atoms with E-state index in [2.05, 4.69) is 10.5 Å². The fourth-order valence-electron chi connectivity index (χ4n) is 1.91. The number of aromatic hydroxyl groups is 1. The van der Waals surface area contributed by atoms with Crippen molar-refractivity contribution >= 4 is 17.8 Å². The number of hydrogen-bond acceptors (Lipinski definition) is 6. The number of phenolic OH excluding ortho intramolecular Hbond substituents is 1. The van der Waals surface area contributed by atoms with Crippen molar-refractivity contribution in [3.63, 3.8) is 0 Å². The van der Waals surface area contributed by atoms with Crippen molar-refractivity contribution in [3.8, 4) is 11.5 Å². The van der Waals surface area contributed by atoms with Crippen molar-refractivity contribution in [3.05, 3.63) is 63.5 Å². The Bertz CT molecular complexity index is 821. The van der Waals surface area contributed by atoms with E-state index in [-0.39, 0.29) is 34.9 Å². The second-order valence-electron chi connectivity index (χ2n) is 4.78. The van der Waals surface area contributed by atoms with Crippen LogP contribution in [-0.2, 0) is 0 Å². The molecule has 0 aliphatic carbocycles. The molecule has 2 aromatic carbocycles. The summed E-state index contributed by atoms with van der Waals surface area (Å²) in [6.07, 6.45) is 1.05. The first-order valence-electron chi connectivity index (χ1n) is 7.15. The van der Waals surface area contributed by atoms with Crippen LogP contribution in [0.25, 0.3) is 0 Å². The van der Waals surface area contributed by atoms with Crippen LogP contribution >= 0.6 is 0 Å². The first kappa shape index (κ1) is 17.9. The number of benzene rings is 2. The van der Waals surface area contributed by atoms with Gasteiger partial charge in [-0.15, -0.1) is 0 Å². The molecule has 8 nitrogen and oxygen atoms in total. The number of nitro groups is 1. The number of nitrogens with zero attached hydrogens (tertiary/aromatic N) is 2. The molecule has 0 saturated heterocycles. The van der Waals surface area contributed by atoms with Gasteiger partial charge in [0, 0.05) is 17.2 Å². The zero-order valence-electron chi connectivity index (χ0n) is 13.1. The molecule has 0 fully saturated rings. The minimum atomic E-state index is -0.642. The summed E-state index contributed by atoms with van der Waals surface area (Å²) in [5.74, 6) is -1.49. The van der Waals surface area contributed by atoms with Crippen LogP contribution in [0.2, 0.25) is 0 Å². The molecule has 0 radical (unpaired) electrons. The highest BCUT2D eigenvalue weighted by Gasteiger charge is 2.16. The Balaban J connectivity index is 2.20. The van der Waals surface area contributed by atoms with Crippen LogP contribution in [0, 0.1) is 15.9 Å². The average molecular weight is 347 g/mol. The maximum absolute atomic E-state index is 12.8. The number of carbonyl (C=O) groups excluding carboxylic acids is 1. The lowest BCUT2D eigenvalue weighted by Gasteiger charge is -2.08. The number of non-ortho nitro benzene ring substituents is 1. The summed E-state index contributed by atoms with van der Waals surface area (Å²) in [6.45, 7) is 1.86. The Labute approximate surface area is 141 Å². The highest BCUT2D eigenvalue weighted by atomic mass is 19.1. The lowest BCUT2D eigenvalue weighted by molar-refractivity contribution is -0.385. The molecular formula is C16H14FN3O5. The summed E-state index contributed by atoms with van der Waals surface area (Å²) in [4.78, 5) is 22.1. The number of amides is 1. The van der Waals surface area contributed by atoms with Gasteiger partial charge in [0.05, 0.1) is 23.8 Å². The smallest absolute Gasteiger partial charge is 0.274 e. The van der Waals surface area contributed by atoms with Gasteiger partial charge in [0.25, 0.3) is 11.6 Å². The van der Waals surface area contributed by atoms with Crippen LogP contribution in [0.3, 0.4) is 0 Å². The predicted octanol–water partition coefficient (Wildman–Crippen LogP) is 2.60. The topological polar surface area (TPSA) is 114 Å². The molecule has 0 aromatic heterocycles. The first-order chi connectivity index (χ1) is 11.9. The van der Waals surface area contributed by atoms with Gasteiger partial charge in [-0.3, -0.25) is 14.9 Å². The van der Waals surface area contributed by atoms with Crippen LogP contribution < -0.4 is 10.2 Å². The molecule has 130 valence electrons. The Hall–Kier alpha value is -3.49. The van der Waals surface area contributed by atoms with Crippen LogP contribution in [0.15, 0.2) is 41.5 Å². The number of nitro benzene ring substituents is 1. The number of hydrazone groups is 1. The average Bonchev–Trinajstić information content (AvgIpc) is 2.58. The zero-order chi connectivity index (χ0) is 18.4. The number of halogens is 1. The molecule has 0 atom stereocenters. The number of phenols is 1. The molecule has 25 heavy (non-hydrogen) atoms. The van der Waals surface area contributed by atoms with Crippen LogP contribution in [0.1, 0.15) is 22.8 Å². The van der Waals surface area contributed by atoms with Crippen LogP contribution in [-0.4, -0.2) is 28.8 Å². The lowest BCUT2D eigenvalue weighted by Crippen LogP contribution is -2.17. The van der Waals surface area contributed by atoms with E-state index >= 15 is 0 Å². The fourth-order valence-corrected chi connectivity index (χ4v) is 1.91. The summed E-state index contributed by atoms with van der Waals surface area (Å²) in [7, 11) is 0. The molecule has 0 aliphatic heterocycles. The third-order valence-electron chi connectivity index (χ3n) is 3.08. The molecule has 0 unspecified atom stereocenters. The monoisotopic (exact) mass is 347 g/mol. The van der Waals surface area contributed by atoms with Crippen molar-refractivity contribution in [1.29, 1.82) is 0 Å². The third kappa shape index (κ3) is 4.50. The summed E-state index contributed by atoms with van der Waals surface area (Å²) in [5.41, 5.74) is 2.06. The van der Waals surface area contributed by atoms with E-state index in [0.717, 1.165) is 30.5 Å². The van der Waals surface area contributed by atoms with E-state index < -0.39 is 16.6 Å². The van der Waals surface area contributed by atoms with E-state index in [1.54, 1.807) is 6.92 Å². The van der Waals surface area contributed by atoms with Gasteiger partial charge in [0.2, 0.25) is 0 Å². The largest absolute Gasteiger partial charge is 0.504 e. The van der Waals surface area contributed by atoms with Gasteiger partial charge in [-0.2, -0.15) is 5.10 Å². The van der Waals surface area contributed by atoms with Crippen molar-refractivity contribution in [2.45, 2.75) is 6.92 Å². The van der Waals surface area contributed by atoms with Crippen molar-refractivity contribution in [2.24, 2.45) is 5.10 Å². The van der Waals surface area contributed by atoms with E-state index in [4.69, 9.17) is 4.74 Å². The van der Waals surface area contributed by atoms with E-state index in [1.165, 1.54) is 12.1 Å². The standard InChI is InChI=1S/C16H14FN3O5/c1-2-25-14-8-13(20(23)24)7-11(15(14)21)9-18-19-16(22)10-3-5-12(17)6-4-10/h3-9,21H,2H2,1H3,(H,19,22)/b18-9+. The van der Waals surface area contributed by atoms with Crippen molar-refractivity contribution < 1.29 is 24.0 Å². The highest BCUT2D eigenvalue weighted by Crippen LogP contribution is 2.33. The lowest BCUT2D eigenvalue weighted by atomic mass is 10.1. The number of rotatable bonds is 6. The fraction of sp³-hybridized carbons (Fsp3) is 0.125. The van der Waals surface area contributed by atoms with Crippen LogP contribution in [0.5, 0.6) is 11.5 Å². The van der Waals surface area contributed by atoms with Gasteiger partial charge in [-0.1, -0.05) is 0 Å². The zero-order valence-corrected chi connectivity index (χ0v) is 13.1. The normalized spacial score (nSPS) is 10.6. The minimum absolute atomic E-state index is 0.00273. The molecule has 9 heteroatoms. The SMILES string of the molecule is CCOc1cc([N+](=O)[O-])cc(/C=N/NC(=O)c2ccc(F)cc2)c1O. The van der Waals surface area contributed by atoms with Crippen LogP contribution in [0.4, 0.5) is 10.1 Å². The Morgan fingerprint density at radius 1 is 1.40 bits per heavy atom. The minimum Gasteiger partial charge on any atom is -0.504 e. The molecule has 2 rings (SSSR count). The molecule has 1 amide bonds. The number of nitrogens with one attached hydrogen (secondary N) is 1. The maximum Gasteiger partial charge on any atom is 0.274 e. The predicted molar refractivity (Wildman–Crippen MR) is 87.4 cm³/mol. The number of ether oxygens (including phenoxy) is 1. The molecule has 0 heterocycles. The van der Waals surface area contributed by atoms with E-state index in [9.17, 15) is 24.4 Å². The van der Waals surface area contributed by atoms with Gasteiger partial charge in [-0.05, 0) is 31.2 Å². The Morgan fingerprint density at radius 2 is 2.08 bits per heavy atom. The number of hydrogen-bond donors (Lipinski definition) is 2. The Kier molecular flexibility index (Phi) is 5.62. The van der Waals surface area contributed by atoms with Gasteiger partial charge in [0.15, 0.2) is 11.5 Å². The third-order valence-corrected chi connectivity index (χ3v) is 3.08. The van der Waals surface area contributed by atoms with Gasteiger partial charge >= 0.3 is 0 Å². The second kappa shape index (κ2) is 7.86. The van der Waals surface area contributed by atoms with E-state index in [1.807, 2.05) is 0 Å². The van der Waals surface area contributed by atoms with Crippen molar-refractivity contribution in [1.82, 2.24) is 5.43 Å². The molecule has 2 aromatic rings. The van der Waals surface area contributed by atoms with E-state index in [0.29, 0.717) is 0 Å². The highest BCUT2D eigenvalue weighted by molar-refractivity contribution is 5.95. The summed E-state index contributed by atoms with van der Waals surface area (Å²) >= 11 is 0. The van der Waals surface area contributed by atoms with Crippen molar-refractivity contribution in [2.75, 3.05) is 6.61 Å². The quantitative estimate of drug-likeness (QED) is 0.473. The number of carbonyl (C=O) groups is 1. The Morgan fingerprint density at radius 3 is 2.68 bits per heavy atom. The van der Waals surface area contributed by atoms with Gasteiger partial charge in [0.1, 0.15) is 5.82 Å². The van der Waals surface area contributed by atoms with Gasteiger partial charge in [-0.25, -0.2) is 9.82 Å². The maximum atomic E-state index is 12.8. The van der Waals surface area contributed by atoms with Gasteiger partial charge < -0.3 is 9.84 Å². The summed E-state index contributed by atoms with van der Waals surface area (Å²) < 4.78 is 18.0. The summed E-state index contributed by atoms with van der Waals surface area (Å²) in [6, 6.07) is 6.98. The molecule has 0 aliphatic rings. The summed E-state index contributed by atoms with van der Waals surface area (Å²) in [5, 5.41) is 24.6. The molecule has 0 bridgehead atoms. The molecule has 0 spiro atoms.